The van der Waals surface area contributed by atoms with Crippen molar-refractivity contribution in [1.82, 2.24) is 9.80 Å². The first-order valence-electron chi connectivity index (χ1n) is 7.19. The van der Waals surface area contributed by atoms with Gasteiger partial charge in [-0.1, -0.05) is 19.0 Å². The summed E-state index contributed by atoms with van der Waals surface area (Å²) in [6, 6.07) is 0. The minimum atomic E-state index is -0.541. The van der Waals surface area contributed by atoms with Crippen LogP contribution in [-0.4, -0.2) is 58.5 Å². The number of nitrogens with two attached hydrogens (primary N) is 1. The Morgan fingerprint density at radius 3 is 2.05 bits per heavy atom. The first kappa shape index (κ1) is 16.8. The molecule has 0 aromatic rings. The van der Waals surface area contributed by atoms with E-state index in [2.05, 4.69) is 30.8 Å². The number of hydrogen-bond donors (Lipinski definition) is 2. The molecule has 3 N–H and O–H groups in total. The molecule has 0 aliphatic carbocycles. The summed E-state index contributed by atoms with van der Waals surface area (Å²) >= 11 is 0. The van der Waals surface area contributed by atoms with Crippen LogP contribution < -0.4 is 5.73 Å². The van der Waals surface area contributed by atoms with Gasteiger partial charge in [0.25, 0.3) is 0 Å². The van der Waals surface area contributed by atoms with E-state index in [1.807, 2.05) is 18.7 Å². The molecule has 1 saturated heterocycles. The molecule has 0 saturated carbocycles. The molecular formula is C14H28N4O2. The van der Waals surface area contributed by atoms with E-state index < -0.39 is 5.92 Å². The number of carbonyl (C=O) groups is 1. The van der Waals surface area contributed by atoms with Crippen LogP contribution in [0.2, 0.25) is 0 Å². The highest BCUT2D eigenvalue weighted by Gasteiger charge is 2.34. The molecule has 0 spiro atoms. The molecule has 0 aromatic heterocycles. The monoisotopic (exact) mass is 284 g/mol. The van der Waals surface area contributed by atoms with Gasteiger partial charge in [-0.15, -0.1) is 0 Å². The zero-order chi connectivity index (χ0) is 15.5. The lowest BCUT2D eigenvalue weighted by molar-refractivity contribution is -0.137. The standard InChI is InChI=1S/C14H28N4O2/c1-10(2)11(12(15)16-20)13(19)17-6-8-18(9-7-17)14(3,4)5/h10-11,20H,6-9H2,1-5H3,(H2,15,16). The summed E-state index contributed by atoms with van der Waals surface area (Å²) in [7, 11) is 0. The maximum absolute atomic E-state index is 12.5. The maximum Gasteiger partial charge on any atom is 0.233 e. The van der Waals surface area contributed by atoms with E-state index in [4.69, 9.17) is 10.9 Å². The number of amides is 1. The molecule has 0 aromatic carbocycles. The number of hydrogen-bond acceptors (Lipinski definition) is 4. The van der Waals surface area contributed by atoms with E-state index in [9.17, 15) is 4.79 Å². The van der Waals surface area contributed by atoms with Crippen LogP contribution >= 0.6 is 0 Å². The van der Waals surface area contributed by atoms with Crippen LogP contribution in [-0.2, 0) is 4.79 Å². The molecule has 1 heterocycles. The van der Waals surface area contributed by atoms with E-state index in [0.717, 1.165) is 13.1 Å². The molecule has 20 heavy (non-hydrogen) atoms. The van der Waals surface area contributed by atoms with E-state index in [-0.39, 0.29) is 23.2 Å². The average Bonchev–Trinajstić information content (AvgIpc) is 2.37. The third kappa shape index (κ3) is 3.85. The van der Waals surface area contributed by atoms with Gasteiger partial charge < -0.3 is 15.8 Å². The Bertz CT molecular complexity index is 366. The third-order valence-corrected chi connectivity index (χ3v) is 3.91. The van der Waals surface area contributed by atoms with Gasteiger partial charge in [0.2, 0.25) is 5.91 Å². The molecular weight excluding hydrogens is 256 g/mol. The van der Waals surface area contributed by atoms with Crippen molar-refractivity contribution in [3.05, 3.63) is 0 Å². The molecule has 1 aliphatic rings. The Morgan fingerprint density at radius 1 is 1.20 bits per heavy atom. The normalized spacial score (nSPS) is 20.3. The maximum atomic E-state index is 12.5. The molecule has 1 aliphatic heterocycles. The van der Waals surface area contributed by atoms with E-state index in [1.165, 1.54) is 0 Å². The predicted molar refractivity (Wildman–Crippen MR) is 79.6 cm³/mol. The van der Waals surface area contributed by atoms with Crippen LogP contribution in [0.1, 0.15) is 34.6 Å². The summed E-state index contributed by atoms with van der Waals surface area (Å²) in [5.74, 6) is -0.563. The smallest absolute Gasteiger partial charge is 0.233 e. The molecule has 1 fully saturated rings. The van der Waals surface area contributed by atoms with Gasteiger partial charge in [0.15, 0.2) is 5.84 Å². The van der Waals surface area contributed by atoms with Crippen molar-refractivity contribution in [2.45, 2.75) is 40.2 Å². The second-order valence-electron chi connectivity index (χ2n) is 6.73. The first-order valence-corrected chi connectivity index (χ1v) is 7.19. The first-order chi connectivity index (χ1) is 9.18. The highest BCUT2D eigenvalue weighted by molar-refractivity contribution is 6.02. The number of piperazine rings is 1. The minimum absolute atomic E-state index is 0.00301. The lowest BCUT2D eigenvalue weighted by Gasteiger charge is -2.43. The number of nitrogens with zero attached hydrogens (tertiary/aromatic N) is 3. The summed E-state index contributed by atoms with van der Waals surface area (Å²) in [6.45, 7) is 13.5. The Labute approximate surface area is 121 Å². The number of rotatable bonds is 3. The van der Waals surface area contributed by atoms with Crippen molar-refractivity contribution < 1.29 is 10.0 Å². The van der Waals surface area contributed by atoms with Gasteiger partial charge in [-0.3, -0.25) is 9.69 Å². The van der Waals surface area contributed by atoms with Crippen molar-refractivity contribution in [1.29, 1.82) is 0 Å². The highest BCUT2D eigenvalue weighted by atomic mass is 16.4. The fraction of sp³-hybridized carbons (Fsp3) is 0.857. The van der Waals surface area contributed by atoms with Gasteiger partial charge >= 0.3 is 0 Å². The van der Waals surface area contributed by atoms with Crippen LogP contribution in [0.5, 0.6) is 0 Å². The van der Waals surface area contributed by atoms with Crippen molar-refractivity contribution in [3.8, 4) is 0 Å². The molecule has 6 heteroatoms. The molecule has 0 bridgehead atoms. The van der Waals surface area contributed by atoms with E-state index >= 15 is 0 Å². The molecule has 6 nitrogen and oxygen atoms in total. The van der Waals surface area contributed by atoms with Crippen LogP contribution in [0.15, 0.2) is 5.16 Å². The van der Waals surface area contributed by atoms with Crippen molar-refractivity contribution >= 4 is 11.7 Å². The van der Waals surface area contributed by atoms with Crippen LogP contribution in [0.4, 0.5) is 0 Å². The fourth-order valence-electron chi connectivity index (χ4n) is 2.61. The largest absolute Gasteiger partial charge is 0.409 e. The lowest BCUT2D eigenvalue weighted by Crippen LogP contribution is -2.56. The molecule has 0 radical (unpaired) electrons. The van der Waals surface area contributed by atoms with Gasteiger partial charge in [0, 0.05) is 31.7 Å². The molecule has 1 rings (SSSR count). The van der Waals surface area contributed by atoms with Crippen LogP contribution in [0.3, 0.4) is 0 Å². The van der Waals surface area contributed by atoms with Crippen molar-refractivity contribution in [3.63, 3.8) is 0 Å². The van der Waals surface area contributed by atoms with Gasteiger partial charge in [-0.05, 0) is 26.7 Å². The minimum Gasteiger partial charge on any atom is -0.409 e. The summed E-state index contributed by atoms with van der Waals surface area (Å²) < 4.78 is 0. The summed E-state index contributed by atoms with van der Waals surface area (Å²) in [5, 5.41) is 11.9. The zero-order valence-corrected chi connectivity index (χ0v) is 13.3. The second-order valence-corrected chi connectivity index (χ2v) is 6.73. The Kier molecular flexibility index (Phi) is 5.39. The van der Waals surface area contributed by atoms with Gasteiger partial charge in [0.1, 0.15) is 5.92 Å². The lowest BCUT2D eigenvalue weighted by atomic mass is 9.92. The number of oxime groups is 1. The van der Waals surface area contributed by atoms with Crippen LogP contribution in [0, 0.1) is 11.8 Å². The Balaban J connectivity index is 2.70. The third-order valence-electron chi connectivity index (χ3n) is 3.91. The Morgan fingerprint density at radius 2 is 1.70 bits per heavy atom. The fourth-order valence-corrected chi connectivity index (χ4v) is 2.61. The molecule has 116 valence electrons. The number of carbonyl (C=O) groups excluding carboxylic acids is 1. The van der Waals surface area contributed by atoms with Gasteiger partial charge in [-0.25, -0.2) is 0 Å². The average molecular weight is 284 g/mol. The van der Waals surface area contributed by atoms with Gasteiger partial charge in [0.05, 0.1) is 0 Å². The molecule has 1 amide bonds. The number of amidine groups is 1. The zero-order valence-electron chi connectivity index (χ0n) is 13.3. The highest BCUT2D eigenvalue weighted by Crippen LogP contribution is 2.19. The van der Waals surface area contributed by atoms with Crippen molar-refractivity contribution in [2.75, 3.05) is 26.2 Å². The summed E-state index contributed by atoms with van der Waals surface area (Å²) in [5.41, 5.74) is 5.79. The van der Waals surface area contributed by atoms with Gasteiger partial charge in [-0.2, -0.15) is 0 Å². The Hall–Kier alpha value is -1.30. The summed E-state index contributed by atoms with van der Waals surface area (Å²) in [4.78, 5) is 16.7. The molecule has 1 atom stereocenters. The predicted octanol–water partition coefficient (Wildman–Crippen LogP) is 0.948. The SMILES string of the molecule is CC(C)C(C(=O)N1CCN(C(C)(C)C)CC1)C(N)=NO. The van der Waals surface area contributed by atoms with Crippen LogP contribution in [0.25, 0.3) is 0 Å². The van der Waals surface area contributed by atoms with E-state index in [0.29, 0.717) is 13.1 Å². The second kappa shape index (κ2) is 6.43. The van der Waals surface area contributed by atoms with E-state index in [1.54, 1.807) is 0 Å². The summed E-state index contributed by atoms with van der Waals surface area (Å²) in [6.07, 6.45) is 0. The van der Waals surface area contributed by atoms with Crippen molar-refractivity contribution in [2.24, 2.45) is 22.7 Å². The molecule has 1 unspecified atom stereocenters. The quantitative estimate of drug-likeness (QED) is 0.350. The topological polar surface area (TPSA) is 82.2 Å².